The fraction of sp³-hybridized carbons (Fsp3) is 0.625. The van der Waals surface area contributed by atoms with Crippen molar-refractivity contribution in [3.8, 4) is 0 Å². The molecule has 6 rings (SSSR count). The van der Waals surface area contributed by atoms with Crippen molar-refractivity contribution in [3.63, 3.8) is 0 Å². The molecule has 144 valence electrons. The predicted octanol–water partition coefficient (Wildman–Crippen LogP) is 6.36. The largest absolute Gasteiger partial charge is 0.359 e. The molecule has 0 unspecified atom stereocenters. The number of carbonyl (C=O) groups is 1. The first kappa shape index (κ1) is 18.0. The van der Waals surface area contributed by atoms with Gasteiger partial charge in [-0.1, -0.05) is 41.9 Å². The normalized spacial score (nSPS) is 39.4. The second-order valence-corrected chi connectivity index (χ2v) is 12.4. The summed E-state index contributed by atoms with van der Waals surface area (Å²) in [6.07, 6.45) is 11.6. The molecule has 3 heteroatoms. The molecular weight excluding hydrogens is 398 g/mol. The van der Waals surface area contributed by atoms with Crippen LogP contribution in [0.1, 0.15) is 70.8 Å². The monoisotopic (exact) mass is 427 g/mol. The number of ketones is 1. The highest BCUT2D eigenvalue weighted by atomic mass is 79.9. The van der Waals surface area contributed by atoms with Gasteiger partial charge in [0.15, 0.2) is 5.78 Å². The average Bonchev–Trinajstić information content (AvgIpc) is 2.51. The smallest absolute Gasteiger partial charge is 0.157 e. The van der Waals surface area contributed by atoms with Crippen LogP contribution in [0.2, 0.25) is 0 Å². The Bertz CT molecular complexity index is 792. The number of halogens is 1. The highest BCUT2D eigenvalue weighted by molar-refractivity contribution is 9.10. The Morgan fingerprint density at radius 2 is 1.67 bits per heavy atom. The molecule has 0 radical (unpaired) electrons. The maximum atomic E-state index is 12.0. The molecule has 1 N–H and O–H groups in total. The molecule has 1 aromatic carbocycles. The minimum atomic E-state index is 0.0531. The lowest BCUT2D eigenvalue weighted by Gasteiger charge is -2.60. The zero-order valence-electron chi connectivity index (χ0n) is 16.5. The van der Waals surface area contributed by atoms with E-state index in [0.717, 1.165) is 29.6 Å². The fourth-order valence-corrected chi connectivity index (χ4v) is 8.46. The van der Waals surface area contributed by atoms with E-state index in [1.807, 2.05) is 0 Å². The molecule has 4 saturated carbocycles. The maximum Gasteiger partial charge on any atom is 0.157 e. The fourth-order valence-electron chi connectivity index (χ4n) is 7.01. The lowest BCUT2D eigenvalue weighted by atomic mass is 9.48. The third kappa shape index (κ3) is 3.30. The highest BCUT2D eigenvalue weighted by Crippen LogP contribution is 2.64. The van der Waals surface area contributed by atoms with E-state index in [1.54, 1.807) is 6.08 Å². The van der Waals surface area contributed by atoms with E-state index in [2.05, 4.69) is 59.4 Å². The molecule has 2 atom stereocenters. The van der Waals surface area contributed by atoms with Gasteiger partial charge in [0.1, 0.15) is 0 Å². The summed E-state index contributed by atoms with van der Waals surface area (Å²) in [5.74, 6) is 2.05. The van der Waals surface area contributed by atoms with Crippen molar-refractivity contribution < 1.29 is 4.79 Å². The van der Waals surface area contributed by atoms with Crippen LogP contribution < -0.4 is 5.32 Å². The van der Waals surface area contributed by atoms with E-state index in [-0.39, 0.29) is 11.2 Å². The van der Waals surface area contributed by atoms with Gasteiger partial charge in [0, 0.05) is 28.2 Å². The number of hydrogen-bond donors (Lipinski definition) is 1. The summed E-state index contributed by atoms with van der Waals surface area (Å²) in [4.78, 5) is 12.0. The number of rotatable bonds is 3. The third-order valence-corrected chi connectivity index (χ3v) is 8.38. The number of carbonyl (C=O) groups excluding carboxylic acids is 1. The Morgan fingerprint density at radius 3 is 2.26 bits per heavy atom. The van der Waals surface area contributed by atoms with Gasteiger partial charge in [0.25, 0.3) is 0 Å². The number of alkyl halides is 1. The molecule has 4 fully saturated rings. The number of allylic oxidation sites excluding steroid dienone is 2. The zero-order chi connectivity index (χ0) is 18.9. The summed E-state index contributed by atoms with van der Waals surface area (Å²) in [6.45, 7) is 4.34. The summed E-state index contributed by atoms with van der Waals surface area (Å²) < 4.78 is 0.396. The zero-order valence-corrected chi connectivity index (χ0v) is 18.1. The van der Waals surface area contributed by atoms with Crippen LogP contribution in [0.15, 0.2) is 36.0 Å². The van der Waals surface area contributed by atoms with Crippen LogP contribution in [0.4, 0.5) is 5.69 Å². The van der Waals surface area contributed by atoms with Crippen LogP contribution in [-0.2, 0) is 10.2 Å². The molecular formula is C24H30BrNO. The molecule has 0 spiro atoms. The highest BCUT2D eigenvalue weighted by Gasteiger charge is 2.57. The van der Waals surface area contributed by atoms with Crippen LogP contribution in [0, 0.1) is 17.3 Å². The second-order valence-electron chi connectivity index (χ2n) is 10.7. The van der Waals surface area contributed by atoms with Crippen molar-refractivity contribution in [2.24, 2.45) is 17.3 Å². The van der Waals surface area contributed by atoms with Gasteiger partial charge in [-0.2, -0.15) is 0 Å². The first-order valence-electron chi connectivity index (χ1n) is 10.5. The molecule has 0 aliphatic heterocycles. The minimum absolute atomic E-state index is 0.0531. The molecule has 0 amide bonds. The van der Waals surface area contributed by atoms with Gasteiger partial charge < -0.3 is 5.32 Å². The van der Waals surface area contributed by atoms with E-state index in [0.29, 0.717) is 16.2 Å². The molecule has 0 heterocycles. The van der Waals surface area contributed by atoms with Crippen molar-refractivity contribution in [2.75, 3.05) is 5.32 Å². The van der Waals surface area contributed by atoms with E-state index in [9.17, 15) is 4.79 Å². The third-order valence-electron chi connectivity index (χ3n) is 7.45. The summed E-state index contributed by atoms with van der Waals surface area (Å²) in [5, 5.41) is 3.51. The Kier molecular flexibility index (Phi) is 3.96. The average molecular weight is 428 g/mol. The first-order valence-corrected chi connectivity index (χ1v) is 11.3. The number of anilines is 1. The molecule has 5 aliphatic rings. The van der Waals surface area contributed by atoms with E-state index >= 15 is 0 Å². The quantitative estimate of drug-likeness (QED) is 0.568. The van der Waals surface area contributed by atoms with Crippen LogP contribution in [0.3, 0.4) is 0 Å². The standard InChI is InChI=1S/C24H30BrNO/c1-22(2)13-20(8-21(27)14-22)26-19-5-3-18(4-6-19)23-9-16-7-17(10-23)12-24(25,11-16)15-23/h3-6,8,16-17,26H,7,9-15H2,1-2H3/t16-,17-,23?,24?/m1/s1. The SMILES string of the molecule is CC1(C)CC(=O)C=C(Nc2ccc(C34C[C@H]5C[C@@H](CC(Br)(C5)C3)C4)cc2)C1. The van der Waals surface area contributed by atoms with Crippen molar-refractivity contribution in [3.05, 3.63) is 41.6 Å². The van der Waals surface area contributed by atoms with Gasteiger partial charge in [0.2, 0.25) is 0 Å². The Labute approximate surface area is 171 Å². The lowest BCUT2D eigenvalue weighted by Crippen LogP contribution is -2.54. The maximum absolute atomic E-state index is 12.0. The van der Waals surface area contributed by atoms with Gasteiger partial charge in [-0.05, 0) is 85.3 Å². The number of benzene rings is 1. The van der Waals surface area contributed by atoms with E-state index in [1.165, 1.54) is 44.1 Å². The summed E-state index contributed by atoms with van der Waals surface area (Å²) in [7, 11) is 0. The van der Waals surface area contributed by atoms with Gasteiger partial charge in [-0.25, -0.2) is 0 Å². The molecule has 2 nitrogen and oxygen atoms in total. The van der Waals surface area contributed by atoms with Crippen molar-refractivity contribution >= 4 is 27.4 Å². The van der Waals surface area contributed by atoms with Gasteiger partial charge in [-0.15, -0.1) is 0 Å². The van der Waals surface area contributed by atoms with E-state index < -0.39 is 0 Å². The molecule has 4 bridgehead atoms. The predicted molar refractivity (Wildman–Crippen MR) is 114 cm³/mol. The Balaban J connectivity index is 1.36. The molecule has 5 aliphatic carbocycles. The van der Waals surface area contributed by atoms with Crippen molar-refractivity contribution in [2.45, 2.75) is 75.0 Å². The summed E-state index contributed by atoms with van der Waals surface area (Å²) >= 11 is 4.13. The van der Waals surface area contributed by atoms with Crippen LogP contribution in [0.5, 0.6) is 0 Å². The minimum Gasteiger partial charge on any atom is -0.359 e. The van der Waals surface area contributed by atoms with Crippen molar-refractivity contribution in [1.82, 2.24) is 0 Å². The first-order chi connectivity index (χ1) is 12.7. The van der Waals surface area contributed by atoms with E-state index in [4.69, 9.17) is 0 Å². The van der Waals surface area contributed by atoms with Crippen LogP contribution >= 0.6 is 15.9 Å². The molecule has 0 saturated heterocycles. The van der Waals surface area contributed by atoms with Gasteiger partial charge in [-0.3, -0.25) is 4.79 Å². The van der Waals surface area contributed by atoms with Crippen molar-refractivity contribution in [1.29, 1.82) is 0 Å². The Morgan fingerprint density at radius 1 is 1.00 bits per heavy atom. The Hall–Kier alpha value is -1.09. The second kappa shape index (κ2) is 5.95. The molecule has 1 aromatic rings. The van der Waals surface area contributed by atoms with Crippen LogP contribution in [-0.4, -0.2) is 10.1 Å². The summed E-state index contributed by atoms with van der Waals surface area (Å²) in [5.41, 5.74) is 4.12. The van der Waals surface area contributed by atoms with Gasteiger partial charge >= 0.3 is 0 Å². The van der Waals surface area contributed by atoms with Crippen LogP contribution in [0.25, 0.3) is 0 Å². The molecule has 0 aromatic heterocycles. The number of nitrogens with one attached hydrogen (secondary N) is 1. The molecule has 27 heavy (non-hydrogen) atoms. The summed E-state index contributed by atoms with van der Waals surface area (Å²) in [6, 6.07) is 9.15. The topological polar surface area (TPSA) is 29.1 Å². The number of hydrogen-bond acceptors (Lipinski definition) is 2. The van der Waals surface area contributed by atoms with Gasteiger partial charge in [0.05, 0.1) is 0 Å². The lowest BCUT2D eigenvalue weighted by molar-refractivity contribution is -0.117.